The fourth-order valence-corrected chi connectivity index (χ4v) is 2.47. The number of hydrazine groups is 1. The molecule has 96 valence electrons. The molecule has 0 aliphatic heterocycles. The minimum atomic E-state index is -3.82. The van der Waals surface area contributed by atoms with Crippen molar-refractivity contribution in [3.63, 3.8) is 0 Å². The second-order valence-electron chi connectivity index (χ2n) is 3.48. The van der Waals surface area contributed by atoms with Gasteiger partial charge in [0.1, 0.15) is 0 Å². The summed E-state index contributed by atoms with van der Waals surface area (Å²) in [5.41, 5.74) is 2.49. The number of nitrogen functional groups attached to an aromatic ring is 1. The van der Waals surface area contributed by atoms with Crippen LogP contribution in [0.4, 0.5) is 11.5 Å². The van der Waals surface area contributed by atoms with Crippen LogP contribution in [0.3, 0.4) is 0 Å². The number of hydrogen-bond donors (Lipinski definition) is 3. The highest BCUT2D eigenvalue weighted by Crippen LogP contribution is 2.19. The molecule has 2 aromatic heterocycles. The van der Waals surface area contributed by atoms with Gasteiger partial charge < -0.3 is 5.43 Å². The van der Waals surface area contributed by atoms with Gasteiger partial charge in [-0.1, -0.05) is 0 Å². The van der Waals surface area contributed by atoms with Crippen molar-refractivity contribution in [3.05, 3.63) is 30.6 Å². The third kappa shape index (κ3) is 2.41. The summed E-state index contributed by atoms with van der Waals surface area (Å²) in [6.45, 7) is 0. The average molecular weight is 268 g/mol. The van der Waals surface area contributed by atoms with E-state index >= 15 is 0 Å². The first-order chi connectivity index (χ1) is 8.53. The summed E-state index contributed by atoms with van der Waals surface area (Å²) in [5, 5.41) is 3.74. The highest BCUT2D eigenvalue weighted by atomic mass is 32.2. The van der Waals surface area contributed by atoms with Gasteiger partial charge >= 0.3 is 0 Å². The molecule has 2 rings (SSSR count). The maximum Gasteiger partial charge on any atom is 0.282 e. The van der Waals surface area contributed by atoms with Gasteiger partial charge in [0.05, 0.1) is 5.69 Å². The average Bonchev–Trinajstić information content (AvgIpc) is 2.74. The maximum atomic E-state index is 12.1. The van der Waals surface area contributed by atoms with Crippen molar-refractivity contribution < 1.29 is 8.42 Å². The van der Waals surface area contributed by atoms with Crippen LogP contribution in [0.1, 0.15) is 0 Å². The number of hydrogen-bond acceptors (Lipinski definition) is 6. The molecule has 8 nitrogen and oxygen atoms in total. The summed E-state index contributed by atoms with van der Waals surface area (Å²) in [6, 6.07) is 4.63. The van der Waals surface area contributed by atoms with Gasteiger partial charge in [-0.3, -0.25) is 15.2 Å². The first-order valence-corrected chi connectivity index (χ1v) is 6.45. The van der Waals surface area contributed by atoms with E-state index in [9.17, 15) is 8.42 Å². The quantitative estimate of drug-likeness (QED) is 0.527. The Morgan fingerprint density at radius 3 is 2.78 bits per heavy atom. The molecule has 2 aromatic rings. The van der Waals surface area contributed by atoms with Crippen molar-refractivity contribution in [2.24, 2.45) is 12.9 Å². The monoisotopic (exact) mass is 268 g/mol. The van der Waals surface area contributed by atoms with Crippen molar-refractivity contribution >= 4 is 21.5 Å². The Bertz CT molecular complexity index is 651. The lowest BCUT2D eigenvalue weighted by Gasteiger charge is -2.08. The Balaban J connectivity index is 2.36. The number of rotatable bonds is 4. The standard InChI is InChI=1S/C9H12N6O2S/c1-15-6-4-8(13-15)14-18(16,17)9-7(12-10)3-2-5-11-9/h2-6,12H,10H2,1H3,(H,13,14). The summed E-state index contributed by atoms with van der Waals surface area (Å²) in [5.74, 6) is 5.46. The predicted molar refractivity (Wildman–Crippen MR) is 66.1 cm³/mol. The van der Waals surface area contributed by atoms with E-state index < -0.39 is 10.0 Å². The minimum absolute atomic E-state index is 0.182. The third-order valence-corrected chi connectivity index (χ3v) is 3.45. The smallest absolute Gasteiger partial charge is 0.282 e. The third-order valence-electron chi connectivity index (χ3n) is 2.13. The lowest BCUT2D eigenvalue weighted by Crippen LogP contribution is -2.19. The SMILES string of the molecule is Cn1ccc(NS(=O)(=O)c2ncccc2NN)n1. The van der Waals surface area contributed by atoms with Crippen LogP contribution >= 0.6 is 0 Å². The van der Waals surface area contributed by atoms with Crippen LogP contribution in [-0.2, 0) is 17.1 Å². The largest absolute Gasteiger partial charge is 0.321 e. The van der Waals surface area contributed by atoms with Crippen LogP contribution in [0.5, 0.6) is 0 Å². The van der Waals surface area contributed by atoms with E-state index in [0.717, 1.165) is 0 Å². The van der Waals surface area contributed by atoms with Crippen LogP contribution in [0.15, 0.2) is 35.6 Å². The van der Waals surface area contributed by atoms with Crippen molar-refractivity contribution in [3.8, 4) is 0 Å². The number of nitrogens with zero attached hydrogens (tertiary/aromatic N) is 3. The maximum absolute atomic E-state index is 12.1. The molecule has 9 heteroatoms. The van der Waals surface area contributed by atoms with E-state index in [-0.39, 0.29) is 16.5 Å². The van der Waals surface area contributed by atoms with E-state index in [1.165, 1.54) is 23.0 Å². The lowest BCUT2D eigenvalue weighted by atomic mass is 10.4. The summed E-state index contributed by atoms with van der Waals surface area (Å²) in [6.07, 6.45) is 2.99. The van der Waals surface area contributed by atoms with Gasteiger partial charge in [0.25, 0.3) is 10.0 Å². The Morgan fingerprint density at radius 1 is 1.39 bits per heavy atom. The van der Waals surface area contributed by atoms with Gasteiger partial charge in [-0.25, -0.2) is 4.98 Å². The number of aromatic nitrogens is 3. The topological polar surface area (TPSA) is 115 Å². The fourth-order valence-electron chi connectivity index (χ4n) is 1.37. The highest BCUT2D eigenvalue weighted by molar-refractivity contribution is 7.92. The van der Waals surface area contributed by atoms with E-state index in [2.05, 4.69) is 20.2 Å². The molecule has 0 bridgehead atoms. The molecule has 0 aliphatic carbocycles. The molecule has 0 saturated carbocycles. The molecule has 0 aromatic carbocycles. The second kappa shape index (κ2) is 4.63. The van der Waals surface area contributed by atoms with E-state index in [0.29, 0.717) is 0 Å². The van der Waals surface area contributed by atoms with Crippen LogP contribution < -0.4 is 16.0 Å². The zero-order valence-electron chi connectivity index (χ0n) is 9.53. The van der Waals surface area contributed by atoms with E-state index in [1.807, 2.05) is 0 Å². The van der Waals surface area contributed by atoms with E-state index in [1.54, 1.807) is 19.3 Å². The normalized spacial score (nSPS) is 11.2. The fraction of sp³-hybridized carbons (Fsp3) is 0.111. The van der Waals surface area contributed by atoms with Gasteiger partial charge in [-0.2, -0.15) is 13.5 Å². The van der Waals surface area contributed by atoms with Gasteiger partial charge in [-0.05, 0) is 12.1 Å². The van der Waals surface area contributed by atoms with Gasteiger partial charge in [0, 0.05) is 25.5 Å². The summed E-state index contributed by atoms with van der Waals surface area (Å²) in [4.78, 5) is 3.80. The Kier molecular flexibility index (Phi) is 3.17. The van der Waals surface area contributed by atoms with Gasteiger partial charge in [0.15, 0.2) is 5.82 Å². The molecular weight excluding hydrogens is 256 g/mol. The lowest BCUT2D eigenvalue weighted by molar-refractivity contribution is 0.597. The molecule has 0 saturated heterocycles. The highest BCUT2D eigenvalue weighted by Gasteiger charge is 2.20. The molecule has 2 heterocycles. The first-order valence-electron chi connectivity index (χ1n) is 4.97. The van der Waals surface area contributed by atoms with Crippen LogP contribution in [-0.4, -0.2) is 23.2 Å². The molecule has 0 atom stereocenters. The van der Waals surface area contributed by atoms with Crippen molar-refractivity contribution in [2.45, 2.75) is 5.03 Å². The molecule has 0 amide bonds. The zero-order chi connectivity index (χ0) is 13.2. The van der Waals surface area contributed by atoms with Crippen LogP contribution in [0, 0.1) is 0 Å². The number of pyridine rings is 1. The number of anilines is 2. The molecule has 0 aliphatic rings. The molecular formula is C9H12N6O2S. The summed E-state index contributed by atoms with van der Waals surface area (Å²) in [7, 11) is -2.14. The van der Waals surface area contributed by atoms with Gasteiger partial charge in [0.2, 0.25) is 5.03 Å². The Morgan fingerprint density at radius 2 is 2.17 bits per heavy atom. The summed E-state index contributed by atoms with van der Waals surface area (Å²) < 4.78 is 27.9. The number of nitrogens with one attached hydrogen (secondary N) is 2. The Labute approximate surface area is 104 Å². The zero-order valence-corrected chi connectivity index (χ0v) is 10.3. The van der Waals surface area contributed by atoms with Crippen LogP contribution in [0.2, 0.25) is 0 Å². The molecule has 0 unspecified atom stereocenters. The summed E-state index contributed by atoms with van der Waals surface area (Å²) >= 11 is 0. The number of sulfonamides is 1. The van der Waals surface area contributed by atoms with Crippen molar-refractivity contribution in [1.82, 2.24) is 14.8 Å². The minimum Gasteiger partial charge on any atom is -0.321 e. The number of nitrogens with two attached hydrogens (primary N) is 1. The number of aryl methyl sites for hydroxylation is 1. The molecule has 0 radical (unpaired) electrons. The predicted octanol–water partition coefficient (Wildman–Crippen LogP) is -0.0985. The van der Waals surface area contributed by atoms with Gasteiger partial charge in [-0.15, -0.1) is 0 Å². The second-order valence-corrected chi connectivity index (χ2v) is 5.08. The molecule has 4 N–H and O–H groups in total. The Hall–Kier alpha value is -2.13. The molecule has 0 spiro atoms. The molecule has 18 heavy (non-hydrogen) atoms. The molecule has 0 fully saturated rings. The van der Waals surface area contributed by atoms with Crippen LogP contribution in [0.25, 0.3) is 0 Å². The van der Waals surface area contributed by atoms with Crippen molar-refractivity contribution in [2.75, 3.05) is 10.1 Å². The van der Waals surface area contributed by atoms with Crippen molar-refractivity contribution in [1.29, 1.82) is 0 Å². The van der Waals surface area contributed by atoms with E-state index in [4.69, 9.17) is 5.84 Å². The first kappa shape index (κ1) is 12.3.